The summed E-state index contributed by atoms with van der Waals surface area (Å²) in [6.45, 7) is 2.58. The molecule has 0 bridgehead atoms. The minimum absolute atomic E-state index is 0.105. The van der Waals surface area contributed by atoms with Crippen molar-refractivity contribution in [2.45, 2.75) is 0 Å². The summed E-state index contributed by atoms with van der Waals surface area (Å²) in [5.41, 5.74) is -0.224. The zero-order chi connectivity index (χ0) is 15.5. The number of ether oxygens (including phenoxy) is 1. The quantitative estimate of drug-likeness (QED) is 0.883. The van der Waals surface area contributed by atoms with Gasteiger partial charge in [-0.3, -0.25) is 0 Å². The van der Waals surface area contributed by atoms with Crippen LogP contribution in [0.2, 0.25) is 0 Å². The molecule has 1 aromatic heterocycles. The fourth-order valence-corrected chi connectivity index (χ4v) is 2.12. The summed E-state index contributed by atoms with van der Waals surface area (Å²) in [6, 6.07) is 3.66. The second-order valence-electron chi connectivity index (χ2n) is 4.69. The van der Waals surface area contributed by atoms with Gasteiger partial charge in [-0.25, -0.2) is 18.2 Å². The molecule has 0 spiro atoms. The van der Waals surface area contributed by atoms with Crippen molar-refractivity contribution in [2.75, 3.05) is 36.5 Å². The van der Waals surface area contributed by atoms with Crippen LogP contribution in [0.15, 0.2) is 24.4 Å². The van der Waals surface area contributed by atoms with Crippen LogP contribution in [0.25, 0.3) is 0 Å². The SMILES string of the molecule is Fc1ccc(Nc2nccc(N3CCOCC3)n2)c(F)c1F. The molecule has 2 heterocycles. The molecule has 22 heavy (non-hydrogen) atoms. The van der Waals surface area contributed by atoms with Crippen molar-refractivity contribution in [2.24, 2.45) is 0 Å². The van der Waals surface area contributed by atoms with Gasteiger partial charge in [0.1, 0.15) is 5.82 Å². The third-order valence-corrected chi connectivity index (χ3v) is 3.26. The van der Waals surface area contributed by atoms with Gasteiger partial charge < -0.3 is 15.0 Å². The van der Waals surface area contributed by atoms with Crippen LogP contribution in [0.3, 0.4) is 0 Å². The van der Waals surface area contributed by atoms with Gasteiger partial charge >= 0.3 is 0 Å². The summed E-state index contributed by atoms with van der Waals surface area (Å²) < 4.78 is 45.0. The number of nitrogens with zero attached hydrogens (tertiary/aromatic N) is 3. The summed E-state index contributed by atoms with van der Waals surface area (Å²) in [7, 11) is 0. The smallest absolute Gasteiger partial charge is 0.229 e. The van der Waals surface area contributed by atoms with Crippen LogP contribution < -0.4 is 10.2 Å². The van der Waals surface area contributed by atoms with Gasteiger partial charge in [0.05, 0.1) is 18.9 Å². The second-order valence-corrected chi connectivity index (χ2v) is 4.69. The molecule has 1 saturated heterocycles. The zero-order valence-electron chi connectivity index (χ0n) is 11.5. The van der Waals surface area contributed by atoms with Crippen molar-refractivity contribution in [3.63, 3.8) is 0 Å². The van der Waals surface area contributed by atoms with Crippen molar-refractivity contribution < 1.29 is 17.9 Å². The number of halogens is 3. The Bertz CT molecular complexity index is 677. The van der Waals surface area contributed by atoms with E-state index in [2.05, 4.69) is 15.3 Å². The van der Waals surface area contributed by atoms with Crippen molar-refractivity contribution in [1.29, 1.82) is 0 Å². The monoisotopic (exact) mass is 310 g/mol. The van der Waals surface area contributed by atoms with E-state index >= 15 is 0 Å². The van der Waals surface area contributed by atoms with Crippen molar-refractivity contribution in [3.8, 4) is 0 Å². The Morgan fingerprint density at radius 3 is 2.59 bits per heavy atom. The lowest BCUT2D eigenvalue weighted by molar-refractivity contribution is 0.122. The molecule has 8 heteroatoms. The normalized spacial score (nSPS) is 15.0. The van der Waals surface area contributed by atoms with Crippen molar-refractivity contribution in [3.05, 3.63) is 41.8 Å². The molecule has 0 aliphatic carbocycles. The van der Waals surface area contributed by atoms with E-state index in [9.17, 15) is 13.2 Å². The highest BCUT2D eigenvalue weighted by atomic mass is 19.2. The predicted molar refractivity (Wildman–Crippen MR) is 74.7 cm³/mol. The fourth-order valence-electron chi connectivity index (χ4n) is 2.12. The number of hydrogen-bond acceptors (Lipinski definition) is 5. The number of aromatic nitrogens is 2. The average molecular weight is 310 g/mol. The summed E-state index contributed by atoms with van der Waals surface area (Å²) >= 11 is 0. The first-order valence-corrected chi connectivity index (χ1v) is 6.71. The maximum Gasteiger partial charge on any atom is 0.229 e. The van der Waals surface area contributed by atoms with Gasteiger partial charge in [0.15, 0.2) is 17.5 Å². The van der Waals surface area contributed by atoms with E-state index in [0.29, 0.717) is 32.1 Å². The minimum atomic E-state index is -1.53. The van der Waals surface area contributed by atoms with Crippen LogP contribution in [0.4, 0.5) is 30.6 Å². The summed E-state index contributed by atoms with van der Waals surface area (Å²) in [6.07, 6.45) is 1.51. The maximum atomic E-state index is 13.6. The number of anilines is 3. The third-order valence-electron chi connectivity index (χ3n) is 3.26. The van der Waals surface area contributed by atoms with Gasteiger partial charge in [-0.15, -0.1) is 0 Å². The van der Waals surface area contributed by atoms with E-state index < -0.39 is 17.5 Å². The van der Waals surface area contributed by atoms with Gasteiger partial charge in [-0.1, -0.05) is 0 Å². The van der Waals surface area contributed by atoms with Gasteiger partial charge in [0.25, 0.3) is 0 Å². The zero-order valence-corrected chi connectivity index (χ0v) is 11.5. The number of benzene rings is 1. The molecule has 5 nitrogen and oxygen atoms in total. The Kier molecular flexibility index (Phi) is 4.10. The summed E-state index contributed by atoms with van der Waals surface area (Å²) in [5.74, 6) is -3.32. The van der Waals surface area contributed by atoms with Gasteiger partial charge in [-0.2, -0.15) is 4.98 Å². The third kappa shape index (κ3) is 2.96. The summed E-state index contributed by atoms with van der Waals surface area (Å²) in [4.78, 5) is 10.2. The van der Waals surface area contributed by atoms with Gasteiger partial charge in [0, 0.05) is 19.3 Å². The fraction of sp³-hybridized carbons (Fsp3) is 0.286. The number of hydrogen-bond donors (Lipinski definition) is 1. The molecule has 3 rings (SSSR count). The second kappa shape index (κ2) is 6.18. The molecule has 116 valence electrons. The Morgan fingerprint density at radius 2 is 1.82 bits per heavy atom. The molecular weight excluding hydrogens is 297 g/mol. The van der Waals surface area contributed by atoms with E-state index in [1.165, 1.54) is 6.20 Å². The number of morpholine rings is 1. The van der Waals surface area contributed by atoms with Crippen LogP contribution in [0.5, 0.6) is 0 Å². The average Bonchev–Trinajstić information content (AvgIpc) is 2.57. The lowest BCUT2D eigenvalue weighted by atomic mass is 10.3. The highest BCUT2D eigenvalue weighted by molar-refractivity contribution is 5.56. The van der Waals surface area contributed by atoms with Crippen LogP contribution in [-0.2, 0) is 4.74 Å². The molecule has 0 amide bonds. The van der Waals surface area contributed by atoms with Crippen LogP contribution in [0, 0.1) is 17.5 Å². The molecule has 1 N–H and O–H groups in total. The van der Waals surface area contributed by atoms with E-state index in [0.717, 1.165) is 12.1 Å². The van der Waals surface area contributed by atoms with Gasteiger partial charge in [-0.05, 0) is 18.2 Å². The van der Waals surface area contributed by atoms with Crippen molar-refractivity contribution in [1.82, 2.24) is 9.97 Å². The lowest BCUT2D eigenvalue weighted by Gasteiger charge is -2.27. The molecule has 0 saturated carbocycles. The molecule has 0 radical (unpaired) electrons. The first kappa shape index (κ1) is 14.6. The number of rotatable bonds is 3. The highest BCUT2D eigenvalue weighted by Gasteiger charge is 2.16. The van der Waals surface area contributed by atoms with Crippen LogP contribution in [-0.4, -0.2) is 36.3 Å². The molecule has 1 aromatic carbocycles. The standard InChI is InChI=1S/C14H13F3N4O/c15-9-1-2-10(13(17)12(9)16)19-14-18-4-3-11(20-14)21-5-7-22-8-6-21/h1-4H,5-8H2,(H,18,19,20). The lowest BCUT2D eigenvalue weighted by Crippen LogP contribution is -2.36. The highest BCUT2D eigenvalue weighted by Crippen LogP contribution is 2.23. The van der Waals surface area contributed by atoms with Crippen molar-refractivity contribution >= 4 is 17.5 Å². The summed E-state index contributed by atoms with van der Waals surface area (Å²) in [5, 5.41) is 2.56. The van der Waals surface area contributed by atoms with E-state index in [1.807, 2.05) is 4.90 Å². The largest absolute Gasteiger partial charge is 0.378 e. The number of nitrogens with one attached hydrogen (secondary N) is 1. The molecule has 1 aliphatic rings. The predicted octanol–water partition coefficient (Wildman–Crippen LogP) is 2.47. The Balaban J connectivity index is 1.82. The molecule has 1 aliphatic heterocycles. The molecule has 2 aromatic rings. The Hall–Kier alpha value is -2.35. The van der Waals surface area contributed by atoms with Crippen LogP contribution in [0.1, 0.15) is 0 Å². The minimum Gasteiger partial charge on any atom is -0.378 e. The van der Waals surface area contributed by atoms with Gasteiger partial charge in [0.2, 0.25) is 5.95 Å². The molecule has 1 fully saturated rings. The van der Waals surface area contributed by atoms with Crippen LogP contribution >= 0.6 is 0 Å². The van der Waals surface area contributed by atoms with E-state index in [4.69, 9.17) is 4.74 Å². The molecular formula is C14H13F3N4O. The van der Waals surface area contributed by atoms with E-state index in [1.54, 1.807) is 6.07 Å². The Morgan fingerprint density at radius 1 is 1.05 bits per heavy atom. The first-order chi connectivity index (χ1) is 10.6. The Labute approximate surface area is 124 Å². The van der Waals surface area contributed by atoms with E-state index in [-0.39, 0.29) is 11.6 Å². The first-order valence-electron chi connectivity index (χ1n) is 6.71. The molecule has 0 atom stereocenters. The topological polar surface area (TPSA) is 50.3 Å². The maximum absolute atomic E-state index is 13.6. The molecule has 0 unspecified atom stereocenters.